The molecule has 4 heteroatoms. The Balaban J connectivity index is 4.37. The summed E-state index contributed by atoms with van der Waals surface area (Å²) in [5.74, 6) is -0.207. The van der Waals surface area contributed by atoms with Crippen LogP contribution in [-0.4, -0.2) is 34.1 Å². The summed E-state index contributed by atoms with van der Waals surface area (Å²) in [6, 6.07) is 0. The van der Waals surface area contributed by atoms with E-state index >= 15 is 0 Å². The summed E-state index contributed by atoms with van der Waals surface area (Å²) < 4.78 is 0. The average molecular weight is 197 g/mol. The first-order chi connectivity index (χ1) is 6.63. The van der Waals surface area contributed by atoms with Crippen molar-refractivity contribution in [3.63, 3.8) is 0 Å². The van der Waals surface area contributed by atoms with Gasteiger partial charge in [-0.2, -0.15) is 0 Å². The number of hydrogen-bond donors (Lipinski definition) is 2. The SMILES string of the molecule is C=C(C)C(=O)N(CC=CO)CC=CO. The van der Waals surface area contributed by atoms with Crippen molar-refractivity contribution in [1.29, 1.82) is 0 Å². The average Bonchev–Trinajstić information content (AvgIpc) is 2.17. The summed E-state index contributed by atoms with van der Waals surface area (Å²) in [6.45, 7) is 5.71. The maximum atomic E-state index is 11.5. The van der Waals surface area contributed by atoms with Crippen LogP contribution in [0.2, 0.25) is 0 Å². The third-order valence-electron chi connectivity index (χ3n) is 1.51. The van der Waals surface area contributed by atoms with Crippen molar-refractivity contribution in [3.8, 4) is 0 Å². The van der Waals surface area contributed by atoms with E-state index in [9.17, 15) is 4.79 Å². The molecule has 0 spiro atoms. The van der Waals surface area contributed by atoms with Crippen molar-refractivity contribution < 1.29 is 15.0 Å². The first-order valence-corrected chi connectivity index (χ1v) is 4.16. The molecule has 0 heterocycles. The second-order valence-corrected chi connectivity index (χ2v) is 2.76. The zero-order valence-corrected chi connectivity index (χ0v) is 8.18. The molecule has 0 aromatic rings. The Kier molecular flexibility index (Phi) is 5.94. The zero-order valence-electron chi connectivity index (χ0n) is 8.18. The van der Waals surface area contributed by atoms with Crippen LogP contribution >= 0.6 is 0 Å². The van der Waals surface area contributed by atoms with Crippen molar-refractivity contribution in [2.75, 3.05) is 13.1 Å². The zero-order chi connectivity index (χ0) is 11.0. The van der Waals surface area contributed by atoms with Gasteiger partial charge in [0, 0.05) is 18.7 Å². The van der Waals surface area contributed by atoms with E-state index in [0.29, 0.717) is 5.57 Å². The highest BCUT2D eigenvalue weighted by Gasteiger charge is 2.10. The third-order valence-corrected chi connectivity index (χ3v) is 1.51. The molecule has 78 valence electrons. The number of aliphatic hydroxyl groups excluding tert-OH is 2. The molecule has 14 heavy (non-hydrogen) atoms. The van der Waals surface area contributed by atoms with Crippen LogP contribution in [0.15, 0.2) is 36.8 Å². The highest BCUT2D eigenvalue weighted by Crippen LogP contribution is 1.99. The summed E-state index contributed by atoms with van der Waals surface area (Å²) in [5.41, 5.74) is 0.419. The quantitative estimate of drug-likeness (QED) is 0.519. The Morgan fingerprint density at radius 2 is 1.71 bits per heavy atom. The van der Waals surface area contributed by atoms with E-state index in [4.69, 9.17) is 10.2 Å². The number of aliphatic hydroxyl groups is 2. The second-order valence-electron chi connectivity index (χ2n) is 2.76. The van der Waals surface area contributed by atoms with Crippen LogP contribution in [0.1, 0.15) is 6.92 Å². The van der Waals surface area contributed by atoms with Gasteiger partial charge in [0.2, 0.25) is 5.91 Å². The van der Waals surface area contributed by atoms with Gasteiger partial charge in [0.1, 0.15) is 0 Å². The van der Waals surface area contributed by atoms with Gasteiger partial charge in [-0.05, 0) is 19.1 Å². The summed E-state index contributed by atoms with van der Waals surface area (Å²) in [5, 5.41) is 16.9. The van der Waals surface area contributed by atoms with E-state index in [1.165, 1.54) is 17.1 Å². The maximum Gasteiger partial charge on any atom is 0.249 e. The highest BCUT2D eigenvalue weighted by atomic mass is 16.2. The third kappa shape index (κ3) is 4.35. The van der Waals surface area contributed by atoms with E-state index in [-0.39, 0.29) is 19.0 Å². The fourth-order valence-corrected chi connectivity index (χ4v) is 0.859. The van der Waals surface area contributed by atoms with Gasteiger partial charge >= 0.3 is 0 Å². The number of nitrogens with zero attached hydrogens (tertiary/aromatic N) is 1. The van der Waals surface area contributed by atoms with Gasteiger partial charge in [0.25, 0.3) is 0 Å². The molecule has 0 unspecified atom stereocenters. The molecule has 0 saturated heterocycles. The van der Waals surface area contributed by atoms with Crippen LogP contribution in [0.5, 0.6) is 0 Å². The van der Waals surface area contributed by atoms with Gasteiger partial charge in [-0.3, -0.25) is 4.79 Å². The van der Waals surface area contributed by atoms with Crippen molar-refractivity contribution >= 4 is 5.91 Å². The van der Waals surface area contributed by atoms with Crippen LogP contribution in [0.4, 0.5) is 0 Å². The number of rotatable bonds is 5. The minimum absolute atomic E-state index is 0.207. The van der Waals surface area contributed by atoms with Crippen LogP contribution < -0.4 is 0 Å². The monoisotopic (exact) mass is 197 g/mol. The van der Waals surface area contributed by atoms with Gasteiger partial charge in [-0.15, -0.1) is 0 Å². The molecule has 0 fully saturated rings. The van der Waals surface area contributed by atoms with Gasteiger partial charge < -0.3 is 15.1 Å². The highest BCUT2D eigenvalue weighted by molar-refractivity contribution is 5.92. The summed E-state index contributed by atoms with van der Waals surface area (Å²) in [4.78, 5) is 12.9. The molecule has 0 aliphatic carbocycles. The molecule has 0 radical (unpaired) electrons. The lowest BCUT2D eigenvalue weighted by molar-refractivity contribution is -0.126. The molecule has 0 aromatic carbocycles. The number of hydrogen-bond acceptors (Lipinski definition) is 3. The molecule has 0 atom stereocenters. The Labute approximate surface area is 83.5 Å². The van der Waals surface area contributed by atoms with E-state index in [1.54, 1.807) is 6.92 Å². The summed E-state index contributed by atoms with van der Waals surface area (Å²) in [7, 11) is 0. The Bertz CT molecular complexity index is 242. The normalized spacial score (nSPS) is 10.9. The molecule has 0 rings (SSSR count). The molecule has 4 nitrogen and oxygen atoms in total. The topological polar surface area (TPSA) is 60.8 Å². The van der Waals surface area contributed by atoms with E-state index < -0.39 is 0 Å². The molecule has 0 bridgehead atoms. The van der Waals surface area contributed by atoms with Gasteiger partial charge in [0.15, 0.2) is 0 Å². The fraction of sp³-hybridized carbons (Fsp3) is 0.300. The molecular formula is C10H15NO3. The predicted octanol–water partition coefficient (Wildman–Crippen LogP) is 1.53. The second kappa shape index (κ2) is 6.77. The maximum absolute atomic E-state index is 11.5. The molecular weight excluding hydrogens is 182 g/mol. The lowest BCUT2D eigenvalue weighted by Crippen LogP contribution is -2.31. The summed E-state index contributed by atoms with van der Waals surface area (Å²) >= 11 is 0. The van der Waals surface area contributed by atoms with Crippen molar-refractivity contribution in [2.45, 2.75) is 6.92 Å². The van der Waals surface area contributed by atoms with Crippen LogP contribution in [0.3, 0.4) is 0 Å². The van der Waals surface area contributed by atoms with Gasteiger partial charge in [0.05, 0.1) is 12.5 Å². The van der Waals surface area contributed by atoms with Gasteiger partial charge in [-0.1, -0.05) is 6.58 Å². The smallest absolute Gasteiger partial charge is 0.249 e. The molecule has 0 saturated carbocycles. The molecule has 1 amide bonds. The molecule has 0 aromatic heterocycles. The predicted molar refractivity (Wildman–Crippen MR) is 54.9 cm³/mol. The molecule has 2 N–H and O–H groups in total. The van der Waals surface area contributed by atoms with E-state index in [2.05, 4.69) is 6.58 Å². The fourth-order valence-electron chi connectivity index (χ4n) is 0.859. The Morgan fingerprint density at radius 3 is 2.00 bits per heavy atom. The first kappa shape index (κ1) is 12.3. The standard InChI is InChI=1S/C10H15NO3/c1-9(2)10(14)11(5-3-7-12)6-4-8-13/h3-4,7-8,12-13H,1,5-6H2,2H3. The first-order valence-electron chi connectivity index (χ1n) is 4.16. The number of amides is 1. The number of carbonyl (C=O) groups is 1. The van der Waals surface area contributed by atoms with Crippen molar-refractivity contribution in [2.24, 2.45) is 0 Å². The Hall–Kier alpha value is -1.71. The van der Waals surface area contributed by atoms with E-state index in [1.807, 2.05) is 0 Å². The van der Waals surface area contributed by atoms with Crippen molar-refractivity contribution in [3.05, 3.63) is 36.8 Å². The Morgan fingerprint density at radius 1 is 1.29 bits per heavy atom. The number of carbonyl (C=O) groups excluding carboxylic acids is 1. The molecule has 0 aliphatic heterocycles. The minimum atomic E-state index is -0.207. The van der Waals surface area contributed by atoms with Crippen LogP contribution in [-0.2, 0) is 4.79 Å². The lowest BCUT2D eigenvalue weighted by Gasteiger charge is -2.18. The lowest BCUT2D eigenvalue weighted by atomic mass is 10.3. The molecule has 0 aliphatic rings. The van der Waals surface area contributed by atoms with Crippen LogP contribution in [0.25, 0.3) is 0 Å². The van der Waals surface area contributed by atoms with Crippen molar-refractivity contribution in [1.82, 2.24) is 4.90 Å². The summed E-state index contributed by atoms with van der Waals surface area (Å²) in [6.07, 6.45) is 4.63. The minimum Gasteiger partial charge on any atom is -0.516 e. The van der Waals surface area contributed by atoms with E-state index in [0.717, 1.165) is 12.5 Å². The van der Waals surface area contributed by atoms with Crippen LogP contribution in [0, 0.1) is 0 Å². The largest absolute Gasteiger partial charge is 0.516 e. The van der Waals surface area contributed by atoms with Gasteiger partial charge in [-0.25, -0.2) is 0 Å².